The van der Waals surface area contributed by atoms with Gasteiger partial charge < -0.3 is 13.9 Å². The number of furan rings is 1. The third-order valence-electron chi connectivity index (χ3n) is 4.94. The van der Waals surface area contributed by atoms with Crippen molar-refractivity contribution in [2.75, 3.05) is 13.2 Å². The van der Waals surface area contributed by atoms with Gasteiger partial charge >= 0.3 is 11.9 Å². The summed E-state index contributed by atoms with van der Waals surface area (Å²) in [5.74, 6) is -0.266. The van der Waals surface area contributed by atoms with Crippen molar-refractivity contribution in [3.63, 3.8) is 0 Å². The van der Waals surface area contributed by atoms with Crippen molar-refractivity contribution in [2.45, 2.75) is 85.5 Å². The molecule has 0 spiro atoms. The fourth-order valence-electron chi connectivity index (χ4n) is 3.04. The summed E-state index contributed by atoms with van der Waals surface area (Å²) >= 11 is 0. The Hall–Kier alpha value is -1.78. The average molecular weight is 395 g/mol. The Morgan fingerprint density at radius 2 is 1.29 bits per heavy atom. The van der Waals surface area contributed by atoms with Crippen LogP contribution in [0.4, 0.5) is 0 Å². The maximum absolute atomic E-state index is 12.2. The quantitative estimate of drug-likeness (QED) is 0.321. The lowest BCUT2D eigenvalue weighted by atomic mass is 9.97. The minimum Gasteiger partial charge on any atom is -0.460 e. The standard InChI is InChI=1S/C23H38O5/c1-5-8-11-18(4)16-26-22(24)20-14-15-21(28-20)23(25)27-17-19(12-9-6-2)13-10-7-3/h14-15,18-19H,5-13,16-17H2,1-4H3. The van der Waals surface area contributed by atoms with Gasteiger partial charge in [-0.1, -0.05) is 66.2 Å². The van der Waals surface area contributed by atoms with Crippen molar-refractivity contribution in [3.8, 4) is 0 Å². The van der Waals surface area contributed by atoms with E-state index in [1.54, 1.807) is 0 Å². The van der Waals surface area contributed by atoms with Crippen LogP contribution in [-0.4, -0.2) is 25.2 Å². The molecule has 0 aromatic carbocycles. The smallest absolute Gasteiger partial charge is 0.374 e. The van der Waals surface area contributed by atoms with Gasteiger partial charge in [-0.2, -0.15) is 0 Å². The number of carbonyl (C=O) groups excluding carboxylic acids is 2. The van der Waals surface area contributed by atoms with Crippen LogP contribution in [0.3, 0.4) is 0 Å². The maximum atomic E-state index is 12.2. The summed E-state index contributed by atoms with van der Waals surface area (Å²) in [6.07, 6.45) is 9.95. The molecule has 28 heavy (non-hydrogen) atoms. The lowest BCUT2D eigenvalue weighted by Gasteiger charge is -2.15. The molecule has 1 heterocycles. The van der Waals surface area contributed by atoms with Crippen LogP contribution in [0.2, 0.25) is 0 Å². The molecule has 1 aromatic rings. The van der Waals surface area contributed by atoms with Gasteiger partial charge in [0, 0.05) is 0 Å². The number of rotatable bonds is 15. The topological polar surface area (TPSA) is 65.7 Å². The second kappa shape index (κ2) is 14.3. The predicted molar refractivity (Wildman–Crippen MR) is 111 cm³/mol. The minimum atomic E-state index is -0.536. The van der Waals surface area contributed by atoms with Crippen LogP contribution >= 0.6 is 0 Å². The fourth-order valence-corrected chi connectivity index (χ4v) is 3.04. The number of unbranched alkanes of at least 4 members (excludes halogenated alkanes) is 3. The summed E-state index contributed by atoms with van der Waals surface area (Å²) in [5.41, 5.74) is 0. The highest BCUT2D eigenvalue weighted by atomic mass is 16.6. The zero-order valence-corrected chi connectivity index (χ0v) is 18.1. The molecule has 0 radical (unpaired) electrons. The van der Waals surface area contributed by atoms with Crippen molar-refractivity contribution in [2.24, 2.45) is 11.8 Å². The van der Waals surface area contributed by atoms with E-state index in [0.717, 1.165) is 57.8 Å². The van der Waals surface area contributed by atoms with Gasteiger partial charge in [-0.05, 0) is 43.2 Å². The summed E-state index contributed by atoms with van der Waals surface area (Å²) in [6.45, 7) is 9.28. The molecule has 5 nitrogen and oxygen atoms in total. The molecule has 0 fully saturated rings. The number of hydrogen-bond donors (Lipinski definition) is 0. The van der Waals surface area contributed by atoms with Crippen LogP contribution in [0.25, 0.3) is 0 Å². The summed E-state index contributed by atoms with van der Waals surface area (Å²) in [4.78, 5) is 24.3. The molecule has 0 aliphatic rings. The van der Waals surface area contributed by atoms with E-state index in [1.165, 1.54) is 12.1 Å². The zero-order valence-electron chi connectivity index (χ0n) is 18.1. The van der Waals surface area contributed by atoms with E-state index in [-0.39, 0.29) is 11.5 Å². The van der Waals surface area contributed by atoms with E-state index in [4.69, 9.17) is 13.9 Å². The van der Waals surface area contributed by atoms with Gasteiger partial charge in [0.05, 0.1) is 13.2 Å². The monoisotopic (exact) mass is 394 g/mol. The van der Waals surface area contributed by atoms with Crippen LogP contribution in [0, 0.1) is 11.8 Å². The van der Waals surface area contributed by atoms with Crippen molar-refractivity contribution in [1.29, 1.82) is 0 Å². The van der Waals surface area contributed by atoms with Gasteiger partial charge in [0.1, 0.15) is 0 Å². The molecule has 1 unspecified atom stereocenters. The largest absolute Gasteiger partial charge is 0.460 e. The molecule has 0 saturated carbocycles. The second-order valence-corrected chi connectivity index (χ2v) is 7.76. The molecule has 0 N–H and O–H groups in total. The van der Waals surface area contributed by atoms with Crippen molar-refractivity contribution < 1.29 is 23.5 Å². The Morgan fingerprint density at radius 1 is 0.821 bits per heavy atom. The fraction of sp³-hybridized carbons (Fsp3) is 0.739. The van der Waals surface area contributed by atoms with Crippen molar-refractivity contribution in [3.05, 3.63) is 23.7 Å². The van der Waals surface area contributed by atoms with Gasteiger partial charge in [0.2, 0.25) is 11.5 Å². The SMILES string of the molecule is CCCCC(C)COC(=O)c1ccc(C(=O)OCC(CCCC)CCCC)o1. The molecule has 1 aromatic heterocycles. The third-order valence-corrected chi connectivity index (χ3v) is 4.94. The maximum Gasteiger partial charge on any atom is 0.374 e. The lowest BCUT2D eigenvalue weighted by molar-refractivity contribution is 0.0361. The molecule has 1 rings (SSSR count). The van der Waals surface area contributed by atoms with Gasteiger partial charge in [-0.15, -0.1) is 0 Å². The first kappa shape index (κ1) is 24.3. The van der Waals surface area contributed by atoms with Crippen molar-refractivity contribution in [1.82, 2.24) is 0 Å². The number of esters is 2. The van der Waals surface area contributed by atoms with E-state index in [0.29, 0.717) is 25.0 Å². The van der Waals surface area contributed by atoms with E-state index < -0.39 is 11.9 Å². The molecular formula is C23H38O5. The molecule has 0 aliphatic carbocycles. The summed E-state index contributed by atoms with van der Waals surface area (Å²) in [6, 6.07) is 2.95. The molecule has 0 aliphatic heterocycles. The predicted octanol–water partition coefficient (Wildman–Crippen LogP) is 6.42. The normalized spacial score (nSPS) is 12.2. The second-order valence-electron chi connectivity index (χ2n) is 7.76. The number of hydrogen-bond acceptors (Lipinski definition) is 5. The van der Waals surface area contributed by atoms with Crippen LogP contribution in [0.5, 0.6) is 0 Å². The van der Waals surface area contributed by atoms with Gasteiger partial charge in [-0.3, -0.25) is 0 Å². The van der Waals surface area contributed by atoms with Crippen LogP contribution in [0.15, 0.2) is 16.5 Å². The Kier molecular flexibility index (Phi) is 12.3. The average Bonchev–Trinajstić information content (AvgIpc) is 3.20. The first-order valence-electron chi connectivity index (χ1n) is 11.0. The highest BCUT2D eigenvalue weighted by Crippen LogP contribution is 2.18. The molecule has 0 amide bonds. The van der Waals surface area contributed by atoms with Gasteiger partial charge in [0.25, 0.3) is 0 Å². The Labute approximate surface area is 170 Å². The molecule has 5 heteroatoms. The summed E-state index contributed by atoms with van der Waals surface area (Å²) in [7, 11) is 0. The zero-order chi connectivity index (χ0) is 20.8. The van der Waals surface area contributed by atoms with Gasteiger partial charge in [0.15, 0.2) is 0 Å². The summed E-state index contributed by atoms with van der Waals surface area (Å²) in [5, 5.41) is 0. The van der Waals surface area contributed by atoms with E-state index >= 15 is 0 Å². The van der Waals surface area contributed by atoms with Crippen LogP contribution in [0.1, 0.15) is 107 Å². The third kappa shape index (κ3) is 9.43. The number of carbonyl (C=O) groups is 2. The molecule has 0 bridgehead atoms. The lowest BCUT2D eigenvalue weighted by Crippen LogP contribution is -2.14. The highest BCUT2D eigenvalue weighted by Gasteiger charge is 2.20. The molecule has 0 saturated heterocycles. The Morgan fingerprint density at radius 3 is 1.79 bits per heavy atom. The first-order chi connectivity index (χ1) is 13.5. The first-order valence-corrected chi connectivity index (χ1v) is 11.0. The van der Waals surface area contributed by atoms with E-state index in [2.05, 4.69) is 27.7 Å². The van der Waals surface area contributed by atoms with Gasteiger partial charge in [-0.25, -0.2) is 9.59 Å². The highest BCUT2D eigenvalue weighted by molar-refractivity contribution is 5.90. The molecule has 160 valence electrons. The Balaban J connectivity index is 2.48. The van der Waals surface area contributed by atoms with E-state index in [1.807, 2.05) is 0 Å². The summed E-state index contributed by atoms with van der Waals surface area (Å²) < 4.78 is 16.1. The minimum absolute atomic E-state index is 0.0446. The van der Waals surface area contributed by atoms with Crippen LogP contribution in [-0.2, 0) is 9.47 Å². The Bertz CT molecular complexity index is 555. The van der Waals surface area contributed by atoms with Crippen molar-refractivity contribution >= 4 is 11.9 Å². The molecule has 1 atom stereocenters. The van der Waals surface area contributed by atoms with Crippen LogP contribution < -0.4 is 0 Å². The molecular weight excluding hydrogens is 356 g/mol. The number of ether oxygens (including phenoxy) is 2. The van der Waals surface area contributed by atoms with E-state index in [9.17, 15) is 9.59 Å².